The third-order valence-electron chi connectivity index (χ3n) is 4.00. The van der Waals surface area contributed by atoms with Crippen molar-refractivity contribution in [2.45, 2.75) is 24.8 Å². The van der Waals surface area contributed by atoms with Gasteiger partial charge < -0.3 is 10.4 Å². The van der Waals surface area contributed by atoms with Crippen molar-refractivity contribution in [1.29, 1.82) is 0 Å². The summed E-state index contributed by atoms with van der Waals surface area (Å²) in [7, 11) is -4.07. The van der Waals surface area contributed by atoms with Crippen LogP contribution in [0.1, 0.15) is 24.2 Å². The molecule has 1 amide bonds. The molecule has 0 saturated heterocycles. The Kier molecular flexibility index (Phi) is 3.81. The minimum absolute atomic E-state index is 0.0495. The van der Waals surface area contributed by atoms with E-state index in [0.717, 1.165) is 0 Å². The summed E-state index contributed by atoms with van der Waals surface area (Å²) in [6, 6.07) is 6.46. The molecule has 2 aromatic carbocycles. The van der Waals surface area contributed by atoms with Gasteiger partial charge in [0.15, 0.2) is 0 Å². The molecule has 0 bridgehead atoms. The van der Waals surface area contributed by atoms with E-state index in [1.54, 1.807) is 32.0 Å². The quantitative estimate of drug-likeness (QED) is 0.762. The number of anilines is 1. The molecule has 1 aliphatic heterocycles. The van der Waals surface area contributed by atoms with Crippen molar-refractivity contribution in [3.05, 3.63) is 35.9 Å². The molecule has 1 atom stereocenters. The number of carbonyl (C=O) groups is 2. The minimum Gasteiger partial charge on any atom is -0.480 e. The normalized spacial score (nSPS) is 14.9. The molecule has 1 aliphatic rings. The highest BCUT2D eigenvalue weighted by Gasteiger charge is 2.31. The number of hydrogen-bond donors (Lipinski definition) is 3. The van der Waals surface area contributed by atoms with Crippen molar-refractivity contribution in [2.24, 2.45) is 5.92 Å². The van der Waals surface area contributed by atoms with Gasteiger partial charge in [0, 0.05) is 22.0 Å². The molecule has 1 heterocycles. The van der Waals surface area contributed by atoms with Gasteiger partial charge in [-0.3, -0.25) is 9.59 Å². The van der Waals surface area contributed by atoms with Crippen molar-refractivity contribution in [2.75, 3.05) is 5.32 Å². The van der Waals surface area contributed by atoms with Crippen LogP contribution in [0.5, 0.6) is 0 Å². The van der Waals surface area contributed by atoms with Gasteiger partial charge in [0.1, 0.15) is 6.04 Å². The number of benzene rings is 2. The van der Waals surface area contributed by atoms with Gasteiger partial charge in [0.25, 0.3) is 5.91 Å². The average molecular weight is 348 g/mol. The van der Waals surface area contributed by atoms with E-state index >= 15 is 0 Å². The van der Waals surface area contributed by atoms with Crippen molar-refractivity contribution < 1.29 is 23.1 Å². The number of sulfonamides is 1. The summed E-state index contributed by atoms with van der Waals surface area (Å²) < 4.78 is 27.7. The lowest BCUT2D eigenvalue weighted by molar-refractivity contribution is -0.140. The Morgan fingerprint density at radius 2 is 1.92 bits per heavy atom. The number of hydrogen-bond acceptors (Lipinski definition) is 4. The number of nitrogens with one attached hydrogen (secondary N) is 2. The molecule has 3 rings (SSSR count). The molecular weight excluding hydrogens is 332 g/mol. The number of carboxylic acid groups (broad SMARTS) is 1. The van der Waals surface area contributed by atoms with Gasteiger partial charge in [0.2, 0.25) is 10.0 Å². The van der Waals surface area contributed by atoms with Crippen LogP contribution in [-0.2, 0) is 14.8 Å². The van der Waals surface area contributed by atoms with Crippen molar-refractivity contribution in [3.8, 4) is 0 Å². The van der Waals surface area contributed by atoms with Gasteiger partial charge in [-0.2, -0.15) is 4.72 Å². The maximum atomic E-state index is 12.7. The Bertz CT molecular complexity index is 966. The monoisotopic (exact) mass is 348 g/mol. The Morgan fingerprint density at radius 1 is 1.21 bits per heavy atom. The molecule has 0 fully saturated rings. The first-order valence-electron chi connectivity index (χ1n) is 7.34. The van der Waals surface area contributed by atoms with E-state index in [-0.39, 0.29) is 10.8 Å². The molecule has 126 valence electrons. The van der Waals surface area contributed by atoms with Crippen LogP contribution in [0.25, 0.3) is 10.8 Å². The molecule has 3 N–H and O–H groups in total. The maximum Gasteiger partial charge on any atom is 0.322 e. The number of rotatable bonds is 5. The smallest absolute Gasteiger partial charge is 0.322 e. The SMILES string of the molecule is CC(C)[C@H](NS(=O)(=O)c1ccc2c3c(cccc13)C(=O)N2)C(=O)O. The third-order valence-corrected chi connectivity index (χ3v) is 5.50. The number of carboxylic acids is 1. The molecule has 0 spiro atoms. The van der Waals surface area contributed by atoms with Crippen LogP contribution in [0.2, 0.25) is 0 Å². The third kappa shape index (κ3) is 2.53. The van der Waals surface area contributed by atoms with Crippen molar-refractivity contribution in [1.82, 2.24) is 4.72 Å². The topological polar surface area (TPSA) is 113 Å². The molecule has 0 radical (unpaired) electrons. The summed E-state index contributed by atoms with van der Waals surface area (Å²) in [6.45, 7) is 3.24. The van der Waals surface area contributed by atoms with Gasteiger partial charge in [0.05, 0.1) is 4.90 Å². The van der Waals surface area contributed by atoms with Gasteiger partial charge in [-0.15, -0.1) is 0 Å². The lowest BCUT2D eigenvalue weighted by Crippen LogP contribution is -2.44. The summed E-state index contributed by atoms with van der Waals surface area (Å²) in [5.41, 5.74) is 0.946. The molecule has 8 heteroatoms. The van der Waals surface area contributed by atoms with Gasteiger partial charge in [-0.25, -0.2) is 8.42 Å². The van der Waals surface area contributed by atoms with Crippen LogP contribution in [0.15, 0.2) is 35.2 Å². The van der Waals surface area contributed by atoms with Crippen LogP contribution in [0, 0.1) is 5.92 Å². The summed E-state index contributed by atoms with van der Waals surface area (Å²) in [4.78, 5) is 23.2. The second-order valence-electron chi connectivity index (χ2n) is 5.97. The number of amides is 1. The Hall–Kier alpha value is -2.45. The first kappa shape index (κ1) is 16.4. The largest absolute Gasteiger partial charge is 0.480 e. The Balaban J connectivity index is 2.15. The molecule has 2 aromatic rings. The van der Waals surface area contributed by atoms with E-state index in [4.69, 9.17) is 0 Å². The zero-order valence-corrected chi connectivity index (χ0v) is 13.8. The lowest BCUT2D eigenvalue weighted by Gasteiger charge is -2.18. The highest BCUT2D eigenvalue weighted by atomic mass is 32.2. The molecule has 7 nitrogen and oxygen atoms in total. The summed E-state index contributed by atoms with van der Waals surface area (Å²) in [6.07, 6.45) is 0. The average Bonchev–Trinajstić information content (AvgIpc) is 2.83. The Morgan fingerprint density at radius 3 is 2.54 bits per heavy atom. The molecule has 24 heavy (non-hydrogen) atoms. The van der Waals surface area contributed by atoms with E-state index in [0.29, 0.717) is 22.0 Å². The minimum atomic E-state index is -4.07. The predicted octanol–water partition coefficient (Wildman–Crippen LogP) is 1.79. The van der Waals surface area contributed by atoms with E-state index in [2.05, 4.69) is 10.0 Å². The van der Waals surface area contributed by atoms with Gasteiger partial charge in [-0.05, 0) is 24.1 Å². The van der Waals surface area contributed by atoms with Crippen molar-refractivity contribution >= 4 is 38.4 Å². The first-order chi connectivity index (χ1) is 11.2. The summed E-state index contributed by atoms with van der Waals surface area (Å²) in [5.74, 6) is -1.95. The zero-order valence-electron chi connectivity index (χ0n) is 13.0. The molecule has 0 saturated carbocycles. The standard InChI is InChI=1S/C16H16N2O5S/c1-8(2)14(16(20)21)18-24(22,23)12-7-6-11-13-9(12)4-3-5-10(13)15(19)17-11/h3-8,14,18H,1-2H3,(H,17,19)(H,20,21)/t14-/m0/s1. The predicted molar refractivity (Wildman–Crippen MR) is 88.5 cm³/mol. The zero-order chi connectivity index (χ0) is 17.6. The molecule has 0 aliphatic carbocycles. The lowest BCUT2D eigenvalue weighted by atomic mass is 10.1. The number of carbonyl (C=O) groups excluding carboxylic acids is 1. The summed E-state index contributed by atoms with van der Waals surface area (Å²) >= 11 is 0. The van der Waals surface area contributed by atoms with Crippen LogP contribution >= 0.6 is 0 Å². The summed E-state index contributed by atoms with van der Waals surface area (Å²) in [5, 5.41) is 12.8. The van der Waals surface area contributed by atoms with Gasteiger partial charge >= 0.3 is 5.97 Å². The van der Waals surface area contributed by atoms with Crippen LogP contribution in [0.3, 0.4) is 0 Å². The highest BCUT2D eigenvalue weighted by molar-refractivity contribution is 7.89. The van der Waals surface area contributed by atoms with Crippen LogP contribution < -0.4 is 10.0 Å². The van der Waals surface area contributed by atoms with E-state index in [1.807, 2.05) is 0 Å². The van der Waals surface area contributed by atoms with E-state index in [9.17, 15) is 23.1 Å². The Labute approximate surface area is 138 Å². The maximum absolute atomic E-state index is 12.7. The fraction of sp³-hybridized carbons (Fsp3) is 0.250. The van der Waals surface area contributed by atoms with E-state index < -0.39 is 28.0 Å². The first-order valence-corrected chi connectivity index (χ1v) is 8.83. The second kappa shape index (κ2) is 5.57. The number of aliphatic carboxylic acids is 1. The molecule has 0 aromatic heterocycles. The van der Waals surface area contributed by atoms with Crippen LogP contribution in [0.4, 0.5) is 5.69 Å². The molecular formula is C16H16N2O5S. The highest BCUT2D eigenvalue weighted by Crippen LogP contribution is 2.36. The van der Waals surface area contributed by atoms with Crippen LogP contribution in [-0.4, -0.2) is 31.4 Å². The molecule has 0 unspecified atom stereocenters. The fourth-order valence-electron chi connectivity index (χ4n) is 2.80. The van der Waals surface area contributed by atoms with Gasteiger partial charge in [-0.1, -0.05) is 26.0 Å². The fourth-order valence-corrected chi connectivity index (χ4v) is 4.34. The van der Waals surface area contributed by atoms with Crippen molar-refractivity contribution in [3.63, 3.8) is 0 Å². The van der Waals surface area contributed by atoms with E-state index in [1.165, 1.54) is 12.1 Å². The second-order valence-corrected chi connectivity index (χ2v) is 7.66.